The SMILES string of the molecule is CC1(O)CCCN(C(=O)C2CCCN(S(C)(=O)=O)C2)CC1. The fourth-order valence-corrected chi connectivity index (χ4v) is 4.10. The minimum Gasteiger partial charge on any atom is -0.390 e. The highest BCUT2D eigenvalue weighted by Gasteiger charge is 2.34. The van der Waals surface area contributed by atoms with Crippen LogP contribution in [0, 0.1) is 5.92 Å². The summed E-state index contributed by atoms with van der Waals surface area (Å²) in [7, 11) is -3.23. The number of piperidine rings is 1. The van der Waals surface area contributed by atoms with E-state index in [1.165, 1.54) is 10.6 Å². The summed E-state index contributed by atoms with van der Waals surface area (Å²) < 4.78 is 24.7. The van der Waals surface area contributed by atoms with E-state index < -0.39 is 15.6 Å². The average Bonchev–Trinajstić information content (AvgIpc) is 2.58. The molecule has 0 aromatic heterocycles. The molecule has 2 fully saturated rings. The topological polar surface area (TPSA) is 77.9 Å². The summed E-state index contributed by atoms with van der Waals surface area (Å²) in [5.74, 6) is -0.197. The molecule has 2 heterocycles. The molecule has 0 aromatic carbocycles. The van der Waals surface area contributed by atoms with Gasteiger partial charge in [-0.05, 0) is 39.0 Å². The second-order valence-electron chi connectivity index (χ2n) is 6.64. The van der Waals surface area contributed by atoms with Crippen LogP contribution in [0.15, 0.2) is 0 Å². The maximum absolute atomic E-state index is 12.6. The zero-order valence-electron chi connectivity index (χ0n) is 12.9. The maximum atomic E-state index is 12.6. The van der Waals surface area contributed by atoms with Gasteiger partial charge < -0.3 is 10.0 Å². The van der Waals surface area contributed by atoms with Crippen LogP contribution in [0.2, 0.25) is 0 Å². The molecule has 0 aromatic rings. The van der Waals surface area contributed by atoms with Crippen LogP contribution in [-0.4, -0.2) is 66.7 Å². The number of likely N-dealkylation sites (tertiary alicyclic amines) is 1. The lowest BCUT2D eigenvalue weighted by Crippen LogP contribution is -2.46. The first-order chi connectivity index (χ1) is 9.69. The molecule has 0 spiro atoms. The third kappa shape index (κ3) is 4.40. The number of sulfonamides is 1. The second-order valence-corrected chi connectivity index (χ2v) is 8.62. The molecule has 2 rings (SSSR count). The van der Waals surface area contributed by atoms with Crippen molar-refractivity contribution in [2.45, 2.75) is 44.6 Å². The molecule has 1 amide bonds. The number of nitrogens with zero attached hydrogens (tertiary/aromatic N) is 2. The normalized spacial score (nSPS) is 32.7. The van der Waals surface area contributed by atoms with Crippen molar-refractivity contribution in [3.63, 3.8) is 0 Å². The smallest absolute Gasteiger partial charge is 0.227 e. The van der Waals surface area contributed by atoms with Crippen LogP contribution < -0.4 is 0 Å². The van der Waals surface area contributed by atoms with E-state index >= 15 is 0 Å². The highest BCUT2D eigenvalue weighted by Crippen LogP contribution is 2.25. The van der Waals surface area contributed by atoms with Gasteiger partial charge in [-0.3, -0.25) is 4.79 Å². The van der Waals surface area contributed by atoms with Crippen molar-refractivity contribution in [3.8, 4) is 0 Å². The predicted molar refractivity (Wildman–Crippen MR) is 80.2 cm³/mol. The van der Waals surface area contributed by atoms with Crippen molar-refractivity contribution >= 4 is 15.9 Å². The Labute approximate surface area is 127 Å². The van der Waals surface area contributed by atoms with Gasteiger partial charge in [-0.15, -0.1) is 0 Å². The third-order valence-corrected chi connectivity index (χ3v) is 5.85. The van der Waals surface area contributed by atoms with E-state index in [1.807, 2.05) is 6.92 Å². The lowest BCUT2D eigenvalue weighted by atomic mass is 9.97. The van der Waals surface area contributed by atoms with Gasteiger partial charge in [0.15, 0.2) is 0 Å². The van der Waals surface area contributed by atoms with Crippen LogP contribution in [0.4, 0.5) is 0 Å². The lowest BCUT2D eigenvalue weighted by Gasteiger charge is -2.33. The van der Waals surface area contributed by atoms with Crippen LogP contribution in [0.5, 0.6) is 0 Å². The molecule has 2 aliphatic rings. The number of carbonyl (C=O) groups is 1. The summed E-state index contributed by atoms with van der Waals surface area (Å²) in [6, 6.07) is 0. The molecule has 21 heavy (non-hydrogen) atoms. The molecule has 1 N–H and O–H groups in total. The highest BCUT2D eigenvalue weighted by atomic mass is 32.2. The summed E-state index contributed by atoms with van der Waals surface area (Å²) in [6.07, 6.45) is 4.76. The zero-order chi connectivity index (χ0) is 15.7. The monoisotopic (exact) mass is 318 g/mol. The number of hydrogen-bond acceptors (Lipinski definition) is 4. The Morgan fingerprint density at radius 1 is 1.19 bits per heavy atom. The van der Waals surface area contributed by atoms with Crippen molar-refractivity contribution in [3.05, 3.63) is 0 Å². The third-order valence-electron chi connectivity index (χ3n) is 4.58. The van der Waals surface area contributed by atoms with Crippen molar-refractivity contribution in [2.75, 3.05) is 32.4 Å². The maximum Gasteiger partial charge on any atom is 0.227 e. The molecule has 0 saturated carbocycles. The van der Waals surface area contributed by atoms with Gasteiger partial charge in [0.1, 0.15) is 0 Å². The Bertz CT molecular complexity index is 489. The van der Waals surface area contributed by atoms with Gasteiger partial charge in [0.25, 0.3) is 0 Å². The molecule has 2 aliphatic heterocycles. The molecule has 7 heteroatoms. The molecule has 2 saturated heterocycles. The summed E-state index contributed by atoms with van der Waals surface area (Å²) in [6.45, 7) is 3.83. The Hall–Kier alpha value is -0.660. The van der Waals surface area contributed by atoms with Crippen LogP contribution in [0.1, 0.15) is 39.0 Å². The molecule has 2 unspecified atom stereocenters. The zero-order valence-corrected chi connectivity index (χ0v) is 13.7. The Morgan fingerprint density at radius 3 is 2.57 bits per heavy atom. The van der Waals surface area contributed by atoms with Crippen LogP contribution >= 0.6 is 0 Å². The van der Waals surface area contributed by atoms with Gasteiger partial charge in [-0.25, -0.2) is 12.7 Å². The van der Waals surface area contributed by atoms with Gasteiger partial charge in [0, 0.05) is 26.2 Å². The first kappa shape index (κ1) is 16.7. The van der Waals surface area contributed by atoms with Crippen molar-refractivity contribution in [1.82, 2.24) is 9.21 Å². The lowest BCUT2D eigenvalue weighted by molar-refractivity contribution is -0.136. The molecule has 6 nitrogen and oxygen atoms in total. The molecule has 0 radical (unpaired) electrons. The van der Waals surface area contributed by atoms with Gasteiger partial charge in [0.2, 0.25) is 15.9 Å². The van der Waals surface area contributed by atoms with Gasteiger partial charge in [0.05, 0.1) is 17.8 Å². The number of aliphatic hydroxyl groups is 1. The average molecular weight is 318 g/mol. The van der Waals surface area contributed by atoms with E-state index in [1.54, 1.807) is 4.90 Å². The molecule has 122 valence electrons. The summed E-state index contributed by atoms with van der Waals surface area (Å²) in [5.41, 5.74) is -0.694. The van der Waals surface area contributed by atoms with E-state index in [0.717, 1.165) is 19.3 Å². The fraction of sp³-hybridized carbons (Fsp3) is 0.929. The highest BCUT2D eigenvalue weighted by molar-refractivity contribution is 7.88. The van der Waals surface area contributed by atoms with E-state index in [2.05, 4.69) is 0 Å². The van der Waals surface area contributed by atoms with Crippen molar-refractivity contribution in [2.24, 2.45) is 5.92 Å². The number of amides is 1. The van der Waals surface area contributed by atoms with Crippen LogP contribution in [0.25, 0.3) is 0 Å². The minimum atomic E-state index is -3.23. The van der Waals surface area contributed by atoms with Crippen LogP contribution in [-0.2, 0) is 14.8 Å². The Kier molecular flexibility index (Phi) is 4.95. The van der Waals surface area contributed by atoms with Crippen molar-refractivity contribution in [1.29, 1.82) is 0 Å². The van der Waals surface area contributed by atoms with Gasteiger partial charge >= 0.3 is 0 Å². The summed E-state index contributed by atoms with van der Waals surface area (Å²) in [4.78, 5) is 14.4. The molecular weight excluding hydrogens is 292 g/mol. The van der Waals surface area contributed by atoms with E-state index in [9.17, 15) is 18.3 Å². The van der Waals surface area contributed by atoms with E-state index in [4.69, 9.17) is 0 Å². The fourth-order valence-electron chi connectivity index (χ4n) is 3.19. The minimum absolute atomic E-state index is 0.0426. The molecular formula is C14H26N2O4S. The number of carbonyl (C=O) groups excluding carboxylic acids is 1. The largest absolute Gasteiger partial charge is 0.390 e. The van der Waals surface area contributed by atoms with Gasteiger partial charge in [-0.1, -0.05) is 0 Å². The van der Waals surface area contributed by atoms with Crippen molar-refractivity contribution < 1.29 is 18.3 Å². The standard InChI is InChI=1S/C14H26N2O4S/c1-14(18)6-4-8-15(10-7-14)13(17)12-5-3-9-16(11-12)21(2,19)20/h12,18H,3-11H2,1-2H3. The Morgan fingerprint density at radius 2 is 1.90 bits per heavy atom. The summed E-state index contributed by atoms with van der Waals surface area (Å²) >= 11 is 0. The quantitative estimate of drug-likeness (QED) is 0.800. The first-order valence-corrected chi connectivity index (χ1v) is 9.50. The van der Waals surface area contributed by atoms with Crippen LogP contribution in [0.3, 0.4) is 0 Å². The van der Waals surface area contributed by atoms with Gasteiger partial charge in [-0.2, -0.15) is 0 Å². The van der Waals surface area contributed by atoms with E-state index in [0.29, 0.717) is 39.0 Å². The predicted octanol–water partition coefficient (Wildman–Crippen LogP) is 0.422. The second kappa shape index (κ2) is 6.22. The Balaban J connectivity index is 1.99. The number of rotatable bonds is 2. The molecule has 0 aliphatic carbocycles. The summed E-state index contributed by atoms with van der Waals surface area (Å²) in [5, 5.41) is 10.1. The number of hydrogen-bond donors (Lipinski definition) is 1. The molecule has 2 atom stereocenters. The molecule has 0 bridgehead atoms. The first-order valence-electron chi connectivity index (χ1n) is 7.65. The van der Waals surface area contributed by atoms with E-state index in [-0.39, 0.29) is 11.8 Å².